The van der Waals surface area contributed by atoms with Crippen molar-refractivity contribution in [2.45, 2.75) is 31.4 Å². The van der Waals surface area contributed by atoms with E-state index in [1.54, 1.807) is 10.9 Å². The van der Waals surface area contributed by atoms with Crippen LogP contribution < -0.4 is 0 Å². The highest BCUT2D eigenvalue weighted by atomic mass is 16.3. The first kappa shape index (κ1) is 15.4. The number of hydrogen-bond acceptors (Lipinski definition) is 3. The molecule has 0 bridgehead atoms. The largest absolute Gasteiger partial charge is 0.390 e. The molecule has 24 heavy (non-hydrogen) atoms. The molecule has 1 unspecified atom stereocenters. The van der Waals surface area contributed by atoms with Gasteiger partial charge in [-0.2, -0.15) is 5.10 Å². The maximum atomic E-state index is 10.3. The van der Waals surface area contributed by atoms with Crippen molar-refractivity contribution in [1.29, 1.82) is 0 Å². The molecule has 1 fully saturated rings. The highest BCUT2D eigenvalue weighted by Crippen LogP contribution is 2.33. The smallest absolute Gasteiger partial charge is 0.0862 e. The number of para-hydroxylation sites is 1. The minimum atomic E-state index is -0.366. The van der Waals surface area contributed by atoms with Gasteiger partial charge in [-0.15, -0.1) is 0 Å². The number of aliphatic hydroxyl groups is 1. The number of piperidine rings is 1. The van der Waals surface area contributed by atoms with Crippen LogP contribution in [0.3, 0.4) is 0 Å². The summed E-state index contributed by atoms with van der Waals surface area (Å²) in [4.78, 5) is 5.76. The highest BCUT2D eigenvalue weighted by molar-refractivity contribution is 5.83. The van der Waals surface area contributed by atoms with Gasteiger partial charge in [0.2, 0.25) is 0 Å². The van der Waals surface area contributed by atoms with E-state index in [0.717, 1.165) is 32.5 Å². The third-order valence-corrected chi connectivity index (χ3v) is 5.07. The molecule has 3 aromatic rings. The number of nitrogens with zero attached hydrogens (tertiary/aromatic N) is 3. The molecule has 126 valence electrons. The second-order valence-corrected chi connectivity index (χ2v) is 6.75. The van der Waals surface area contributed by atoms with Gasteiger partial charge in [0.05, 0.1) is 12.6 Å². The molecule has 1 saturated heterocycles. The number of aromatic nitrogens is 3. The van der Waals surface area contributed by atoms with Crippen molar-refractivity contribution in [2.24, 2.45) is 0 Å². The van der Waals surface area contributed by atoms with Gasteiger partial charge in [-0.3, -0.25) is 4.68 Å². The van der Waals surface area contributed by atoms with E-state index in [2.05, 4.69) is 45.4 Å². The summed E-state index contributed by atoms with van der Waals surface area (Å²) in [6, 6.07) is 10.4. The van der Waals surface area contributed by atoms with Gasteiger partial charge >= 0.3 is 0 Å². The minimum absolute atomic E-state index is 0.366. The minimum Gasteiger partial charge on any atom is -0.390 e. The van der Waals surface area contributed by atoms with Crippen LogP contribution in [0.15, 0.2) is 48.9 Å². The lowest BCUT2D eigenvalue weighted by Crippen LogP contribution is -2.39. The molecule has 5 heteroatoms. The Morgan fingerprint density at radius 2 is 2.00 bits per heavy atom. The number of fused-ring (bicyclic) bond motifs is 1. The first-order chi connectivity index (χ1) is 11.8. The van der Waals surface area contributed by atoms with Crippen LogP contribution in [0.25, 0.3) is 10.9 Å². The third kappa shape index (κ3) is 3.23. The van der Waals surface area contributed by atoms with Gasteiger partial charge in [0.1, 0.15) is 0 Å². The molecule has 5 nitrogen and oxygen atoms in total. The van der Waals surface area contributed by atoms with Gasteiger partial charge in [-0.25, -0.2) is 0 Å². The molecule has 4 rings (SSSR count). The first-order valence-corrected chi connectivity index (χ1v) is 8.73. The fourth-order valence-electron chi connectivity index (χ4n) is 3.84. The molecule has 1 aliphatic heterocycles. The number of β-amino-alcohol motifs (C(OH)–C–C–N with tert-alkyl or cyclic N) is 1. The summed E-state index contributed by atoms with van der Waals surface area (Å²) in [7, 11) is 0. The molecule has 2 N–H and O–H groups in total. The highest BCUT2D eigenvalue weighted by Gasteiger charge is 2.24. The van der Waals surface area contributed by atoms with E-state index in [-0.39, 0.29) is 6.10 Å². The average Bonchev–Trinajstić information content (AvgIpc) is 3.25. The normalized spacial score (nSPS) is 18.2. The van der Waals surface area contributed by atoms with Gasteiger partial charge in [0.15, 0.2) is 0 Å². The summed E-state index contributed by atoms with van der Waals surface area (Å²) >= 11 is 0. The van der Waals surface area contributed by atoms with Crippen molar-refractivity contribution < 1.29 is 5.11 Å². The zero-order valence-electron chi connectivity index (χ0n) is 13.8. The van der Waals surface area contributed by atoms with Gasteiger partial charge < -0.3 is 15.0 Å². The van der Waals surface area contributed by atoms with E-state index in [9.17, 15) is 5.11 Å². The molecule has 1 aromatic carbocycles. The van der Waals surface area contributed by atoms with E-state index in [0.29, 0.717) is 12.5 Å². The summed E-state index contributed by atoms with van der Waals surface area (Å²) in [5, 5.41) is 15.8. The number of nitrogens with one attached hydrogen (secondary N) is 1. The Kier molecular flexibility index (Phi) is 4.36. The summed E-state index contributed by atoms with van der Waals surface area (Å²) in [5.41, 5.74) is 2.67. The molecule has 0 radical (unpaired) electrons. The molecule has 1 aliphatic rings. The van der Waals surface area contributed by atoms with E-state index < -0.39 is 0 Å². The van der Waals surface area contributed by atoms with Crippen molar-refractivity contribution in [3.63, 3.8) is 0 Å². The predicted molar refractivity (Wildman–Crippen MR) is 94.9 cm³/mol. The number of likely N-dealkylation sites (tertiary alicyclic amines) is 1. The first-order valence-electron chi connectivity index (χ1n) is 8.73. The number of rotatable bonds is 5. The Morgan fingerprint density at radius 3 is 2.79 bits per heavy atom. The number of aromatic amines is 1. The van der Waals surface area contributed by atoms with Crippen LogP contribution in [0, 0.1) is 0 Å². The van der Waals surface area contributed by atoms with Crippen LogP contribution in [0.4, 0.5) is 0 Å². The lowest BCUT2D eigenvalue weighted by molar-refractivity contribution is 0.0823. The monoisotopic (exact) mass is 324 g/mol. The summed E-state index contributed by atoms with van der Waals surface area (Å²) in [6.45, 7) is 3.37. The zero-order valence-corrected chi connectivity index (χ0v) is 13.8. The molecule has 0 amide bonds. The van der Waals surface area contributed by atoms with Crippen LogP contribution in [-0.4, -0.2) is 50.5 Å². The SMILES string of the molecule is OC(CN1CCC(c2c[nH]c3ccccc23)CC1)Cn1cccn1. The number of H-pyrrole nitrogens is 1. The van der Waals surface area contributed by atoms with Crippen molar-refractivity contribution in [2.75, 3.05) is 19.6 Å². The maximum Gasteiger partial charge on any atom is 0.0862 e. The second kappa shape index (κ2) is 6.79. The van der Waals surface area contributed by atoms with Crippen molar-refractivity contribution >= 4 is 10.9 Å². The van der Waals surface area contributed by atoms with E-state index in [1.165, 1.54) is 16.5 Å². The van der Waals surface area contributed by atoms with Gasteiger partial charge in [0, 0.05) is 36.0 Å². The molecule has 0 aliphatic carbocycles. The number of benzene rings is 1. The maximum absolute atomic E-state index is 10.3. The average molecular weight is 324 g/mol. The van der Waals surface area contributed by atoms with Gasteiger partial charge in [-0.1, -0.05) is 18.2 Å². The molecule has 1 atom stereocenters. The van der Waals surface area contributed by atoms with E-state index >= 15 is 0 Å². The van der Waals surface area contributed by atoms with Crippen molar-refractivity contribution in [3.8, 4) is 0 Å². The molecule has 0 saturated carbocycles. The summed E-state index contributed by atoms with van der Waals surface area (Å²) < 4.78 is 1.79. The van der Waals surface area contributed by atoms with E-state index in [1.807, 2.05) is 12.3 Å². The molecular weight excluding hydrogens is 300 g/mol. The quantitative estimate of drug-likeness (QED) is 0.758. The third-order valence-electron chi connectivity index (χ3n) is 5.07. The lowest BCUT2D eigenvalue weighted by Gasteiger charge is -2.33. The van der Waals surface area contributed by atoms with E-state index in [4.69, 9.17) is 0 Å². The molecule has 0 spiro atoms. The Bertz CT molecular complexity index is 772. The Labute approximate surface area is 141 Å². The van der Waals surface area contributed by atoms with Crippen LogP contribution in [0.2, 0.25) is 0 Å². The Morgan fingerprint density at radius 1 is 1.17 bits per heavy atom. The van der Waals surface area contributed by atoms with Gasteiger partial charge in [-0.05, 0) is 49.5 Å². The standard InChI is InChI=1S/C19H24N4O/c24-16(14-23-9-3-8-21-23)13-22-10-6-15(7-11-22)18-12-20-19-5-2-1-4-17(18)19/h1-5,8-9,12,15-16,20,24H,6-7,10-11,13-14H2. The lowest BCUT2D eigenvalue weighted by atomic mass is 9.89. The number of hydrogen-bond donors (Lipinski definition) is 2. The fourth-order valence-corrected chi connectivity index (χ4v) is 3.84. The molecular formula is C19H24N4O. The zero-order chi connectivity index (χ0) is 16.4. The van der Waals surface area contributed by atoms with Crippen molar-refractivity contribution in [3.05, 3.63) is 54.5 Å². The van der Waals surface area contributed by atoms with Crippen LogP contribution in [0.1, 0.15) is 24.3 Å². The van der Waals surface area contributed by atoms with Crippen LogP contribution in [0.5, 0.6) is 0 Å². The molecule has 3 heterocycles. The predicted octanol–water partition coefficient (Wildman–Crippen LogP) is 2.60. The molecule has 2 aromatic heterocycles. The van der Waals surface area contributed by atoms with Crippen LogP contribution >= 0.6 is 0 Å². The Hall–Kier alpha value is -2.11. The summed E-state index contributed by atoms with van der Waals surface area (Å²) in [6.07, 6.45) is 7.75. The Balaban J connectivity index is 1.33. The van der Waals surface area contributed by atoms with Crippen LogP contribution in [-0.2, 0) is 6.54 Å². The van der Waals surface area contributed by atoms with Gasteiger partial charge in [0.25, 0.3) is 0 Å². The topological polar surface area (TPSA) is 57.1 Å². The number of aliphatic hydroxyl groups excluding tert-OH is 1. The van der Waals surface area contributed by atoms with Crippen molar-refractivity contribution in [1.82, 2.24) is 19.7 Å². The second-order valence-electron chi connectivity index (χ2n) is 6.75. The fraction of sp³-hybridized carbons (Fsp3) is 0.421. The summed E-state index contributed by atoms with van der Waals surface area (Å²) in [5.74, 6) is 0.612.